The zero-order valence-corrected chi connectivity index (χ0v) is 14.0. The Morgan fingerprint density at radius 2 is 2.12 bits per heavy atom. The Morgan fingerprint density at radius 1 is 1.25 bits per heavy atom. The monoisotopic (exact) mass is 339 g/mol. The van der Waals surface area contributed by atoms with Gasteiger partial charge in [0.2, 0.25) is 0 Å². The van der Waals surface area contributed by atoms with Crippen LogP contribution in [0.5, 0.6) is 0 Å². The fourth-order valence-corrected chi connectivity index (χ4v) is 3.12. The number of nitrogens with one attached hydrogen (secondary N) is 1. The molecule has 3 aromatic rings. The summed E-state index contributed by atoms with van der Waals surface area (Å²) in [5.74, 6) is 1.33. The van der Waals surface area contributed by atoms with Gasteiger partial charge in [-0.2, -0.15) is 0 Å². The van der Waals surface area contributed by atoms with E-state index in [1.54, 1.807) is 24.2 Å². The highest BCUT2D eigenvalue weighted by Gasteiger charge is 2.12. The van der Waals surface area contributed by atoms with E-state index >= 15 is 0 Å². The number of aryl methyl sites for hydroxylation is 1. The van der Waals surface area contributed by atoms with Crippen molar-refractivity contribution in [2.75, 3.05) is 0 Å². The third kappa shape index (κ3) is 4.23. The molecule has 0 saturated heterocycles. The summed E-state index contributed by atoms with van der Waals surface area (Å²) in [5, 5.41) is 6.81. The quantitative estimate of drug-likeness (QED) is 0.695. The minimum Gasteiger partial charge on any atom is -0.360 e. The fraction of sp³-hybridized carbons (Fsp3) is 0.167. The van der Waals surface area contributed by atoms with Crippen LogP contribution in [-0.4, -0.2) is 16.0 Å². The largest absolute Gasteiger partial charge is 0.360 e. The average Bonchev–Trinajstić information content (AvgIpc) is 3.04. The van der Waals surface area contributed by atoms with Gasteiger partial charge < -0.3 is 9.84 Å². The standard InChI is InChI=1S/C18H17N3O2S/c1-13-9-15(23-21-13)12-24-17-7-3-2-6-16(17)18(22)20-11-14-5-4-8-19-10-14/h2-10H,11-12H2,1H3,(H,20,22). The van der Waals surface area contributed by atoms with Crippen LogP contribution in [0.25, 0.3) is 0 Å². The molecule has 0 aliphatic carbocycles. The van der Waals surface area contributed by atoms with Crippen molar-refractivity contribution in [2.24, 2.45) is 0 Å². The molecule has 0 spiro atoms. The molecule has 0 radical (unpaired) electrons. The van der Waals surface area contributed by atoms with Crippen LogP contribution in [0.15, 0.2) is 64.3 Å². The third-order valence-electron chi connectivity index (χ3n) is 3.35. The summed E-state index contributed by atoms with van der Waals surface area (Å²) in [5.41, 5.74) is 2.48. The number of nitrogens with zero attached hydrogens (tertiary/aromatic N) is 2. The Kier molecular flexibility index (Phi) is 5.28. The molecule has 5 nitrogen and oxygen atoms in total. The molecule has 122 valence electrons. The number of hydrogen-bond acceptors (Lipinski definition) is 5. The maximum absolute atomic E-state index is 12.5. The normalized spacial score (nSPS) is 10.5. The zero-order valence-electron chi connectivity index (χ0n) is 13.2. The van der Waals surface area contributed by atoms with Crippen LogP contribution >= 0.6 is 11.8 Å². The van der Waals surface area contributed by atoms with E-state index in [9.17, 15) is 4.79 Å². The Bertz CT molecular complexity index is 818. The summed E-state index contributed by atoms with van der Waals surface area (Å²) in [6.07, 6.45) is 3.45. The van der Waals surface area contributed by atoms with Crippen molar-refractivity contribution in [3.05, 3.63) is 77.4 Å². The van der Waals surface area contributed by atoms with Gasteiger partial charge >= 0.3 is 0 Å². The van der Waals surface area contributed by atoms with Crippen LogP contribution in [-0.2, 0) is 12.3 Å². The molecule has 1 amide bonds. The van der Waals surface area contributed by atoms with Gasteiger partial charge in [0.05, 0.1) is 17.0 Å². The molecular formula is C18H17N3O2S. The Labute approximate surface area is 144 Å². The van der Waals surface area contributed by atoms with E-state index in [1.807, 2.05) is 49.4 Å². The first-order valence-electron chi connectivity index (χ1n) is 7.53. The molecule has 0 aliphatic heterocycles. The van der Waals surface area contributed by atoms with E-state index in [-0.39, 0.29) is 5.91 Å². The van der Waals surface area contributed by atoms with Gasteiger partial charge in [0.25, 0.3) is 5.91 Å². The molecule has 2 aromatic heterocycles. The van der Waals surface area contributed by atoms with Gasteiger partial charge in [-0.15, -0.1) is 11.8 Å². The molecule has 3 rings (SSSR count). The van der Waals surface area contributed by atoms with Gasteiger partial charge in [-0.3, -0.25) is 9.78 Å². The molecule has 0 atom stereocenters. The number of carbonyl (C=O) groups excluding carboxylic acids is 1. The minimum atomic E-state index is -0.101. The van der Waals surface area contributed by atoms with Crippen LogP contribution in [0.3, 0.4) is 0 Å². The van der Waals surface area contributed by atoms with E-state index in [0.29, 0.717) is 17.9 Å². The van der Waals surface area contributed by atoms with Gasteiger partial charge in [0.1, 0.15) is 5.76 Å². The first-order chi connectivity index (χ1) is 11.7. The van der Waals surface area contributed by atoms with E-state index in [4.69, 9.17) is 4.52 Å². The summed E-state index contributed by atoms with van der Waals surface area (Å²) in [7, 11) is 0. The van der Waals surface area contributed by atoms with Crippen molar-refractivity contribution in [3.8, 4) is 0 Å². The molecule has 1 N–H and O–H groups in total. The summed E-state index contributed by atoms with van der Waals surface area (Å²) < 4.78 is 5.21. The summed E-state index contributed by atoms with van der Waals surface area (Å²) in [6, 6.07) is 13.2. The Morgan fingerprint density at radius 3 is 2.88 bits per heavy atom. The number of rotatable bonds is 6. The van der Waals surface area contributed by atoms with Crippen molar-refractivity contribution < 1.29 is 9.32 Å². The van der Waals surface area contributed by atoms with Crippen LogP contribution in [0.2, 0.25) is 0 Å². The van der Waals surface area contributed by atoms with Gasteiger partial charge in [-0.1, -0.05) is 23.4 Å². The van der Waals surface area contributed by atoms with Gasteiger partial charge in [0, 0.05) is 29.9 Å². The van der Waals surface area contributed by atoms with Crippen molar-refractivity contribution in [3.63, 3.8) is 0 Å². The van der Waals surface area contributed by atoms with Crippen molar-refractivity contribution >= 4 is 17.7 Å². The molecule has 0 aliphatic rings. The molecule has 6 heteroatoms. The Balaban J connectivity index is 1.65. The molecule has 0 saturated carbocycles. The van der Waals surface area contributed by atoms with Crippen molar-refractivity contribution in [1.29, 1.82) is 0 Å². The number of amides is 1. The zero-order chi connectivity index (χ0) is 16.8. The summed E-state index contributed by atoms with van der Waals surface area (Å²) in [4.78, 5) is 17.4. The van der Waals surface area contributed by atoms with Crippen LogP contribution < -0.4 is 5.32 Å². The lowest BCUT2D eigenvalue weighted by molar-refractivity contribution is 0.0948. The number of hydrogen-bond donors (Lipinski definition) is 1. The highest BCUT2D eigenvalue weighted by atomic mass is 32.2. The molecule has 24 heavy (non-hydrogen) atoms. The SMILES string of the molecule is Cc1cc(CSc2ccccc2C(=O)NCc2cccnc2)on1. The molecule has 0 bridgehead atoms. The highest BCUT2D eigenvalue weighted by molar-refractivity contribution is 7.98. The predicted molar refractivity (Wildman–Crippen MR) is 92.7 cm³/mol. The average molecular weight is 339 g/mol. The number of carbonyl (C=O) groups is 1. The number of aromatic nitrogens is 2. The third-order valence-corrected chi connectivity index (χ3v) is 4.45. The van der Waals surface area contributed by atoms with Gasteiger partial charge in [0.15, 0.2) is 0 Å². The molecule has 0 fully saturated rings. The van der Waals surface area contributed by atoms with Crippen molar-refractivity contribution in [2.45, 2.75) is 24.1 Å². The van der Waals surface area contributed by atoms with Crippen LogP contribution in [0.1, 0.15) is 27.4 Å². The first-order valence-corrected chi connectivity index (χ1v) is 8.52. The lowest BCUT2D eigenvalue weighted by Crippen LogP contribution is -2.23. The minimum absolute atomic E-state index is 0.101. The number of thioether (sulfide) groups is 1. The van der Waals surface area contributed by atoms with E-state index in [0.717, 1.165) is 21.9 Å². The lowest BCUT2D eigenvalue weighted by atomic mass is 10.2. The molecular weight excluding hydrogens is 322 g/mol. The second-order valence-electron chi connectivity index (χ2n) is 5.26. The molecule has 0 unspecified atom stereocenters. The van der Waals surface area contributed by atoms with Crippen LogP contribution in [0.4, 0.5) is 0 Å². The van der Waals surface area contributed by atoms with Gasteiger partial charge in [-0.25, -0.2) is 0 Å². The summed E-state index contributed by atoms with van der Waals surface area (Å²) >= 11 is 1.56. The maximum Gasteiger partial charge on any atom is 0.252 e. The van der Waals surface area contributed by atoms with Crippen LogP contribution in [0, 0.1) is 6.92 Å². The second-order valence-corrected chi connectivity index (χ2v) is 6.28. The van der Waals surface area contributed by atoms with E-state index < -0.39 is 0 Å². The summed E-state index contributed by atoms with van der Waals surface area (Å²) in [6.45, 7) is 2.34. The number of pyridine rings is 1. The lowest BCUT2D eigenvalue weighted by Gasteiger charge is -2.09. The molecule has 2 heterocycles. The predicted octanol–water partition coefficient (Wildman–Crippen LogP) is 3.60. The topological polar surface area (TPSA) is 68.0 Å². The van der Waals surface area contributed by atoms with Crippen molar-refractivity contribution in [1.82, 2.24) is 15.5 Å². The first kappa shape index (κ1) is 16.3. The highest BCUT2D eigenvalue weighted by Crippen LogP contribution is 2.26. The van der Waals surface area contributed by atoms with Gasteiger partial charge in [-0.05, 0) is 30.7 Å². The molecule has 1 aromatic carbocycles. The second kappa shape index (κ2) is 7.79. The van der Waals surface area contributed by atoms with E-state index in [2.05, 4.69) is 15.5 Å². The maximum atomic E-state index is 12.5. The smallest absolute Gasteiger partial charge is 0.252 e. The fourth-order valence-electron chi connectivity index (χ4n) is 2.19. The number of benzene rings is 1. The Hall–Kier alpha value is -2.60. The van der Waals surface area contributed by atoms with E-state index in [1.165, 1.54) is 0 Å².